The van der Waals surface area contributed by atoms with Gasteiger partial charge in [-0.15, -0.1) is 0 Å². The van der Waals surface area contributed by atoms with Gasteiger partial charge in [0.2, 0.25) is 5.91 Å². The van der Waals surface area contributed by atoms with Crippen molar-refractivity contribution in [3.8, 4) is 11.4 Å². The van der Waals surface area contributed by atoms with Gasteiger partial charge < -0.3 is 5.32 Å². The van der Waals surface area contributed by atoms with Crippen molar-refractivity contribution in [2.24, 2.45) is 0 Å². The molecule has 138 valence electrons. The fourth-order valence-electron chi connectivity index (χ4n) is 2.63. The van der Waals surface area contributed by atoms with E-state index in [2.05, 4.69) is 10.3 Å². The zero-order valence-electron chi connectivity index (χ0n) is 14.6. The molecule has 0 radical (unpaired) electrons. The van der Waals surface area contributed by atoms with Gasteiger partial charge >= 0.3 is 0 Å². The highest BCUT2D eigenvalue weighted by Crippen LogP contribution is 2.22. The van der Waals surface area contributed by atoms with Crippen LogP contribution >= 0.6 is 23.2 Å². The molecular formula is C20H17Cl2N3O2. The van der Waals surface area contributed by atoms with Crippen molar-refractivity contribution in [2.75, 3.05) is 5.32 Å². The number of halogens is 2. The molecule has 0 atom stereocenters. The lowest BCUT2D eigenvalue weighted by atomic mass is 10.2. The zero-order chi connectivity index (χ0) is 19.4. The fourth-order valence-corrected chi connectivity index (χ4v) is 3.00. The van der Waals surface area contributed by atoms with E-state index in [9.17, 15) is 9.59 Å². The third-order valence-electron chi connectivity index (χ3n) is 3.96. The summed E-state index contributed by atoms with van der Waals surface area (Å²) in [6.45, 7) is 1.72. The number of amides is 1. The third-order valence-corrected chi connectivity index (χ3v) is 4.52. The van der Waals surface area contributed by atoms with E-state index in [4.69, 9.17) is 23.2 Å². The quantitative estimate of drug-likeness (QED) is 0.687. The van der Waals surface area contributed by atoms with Crippen molar-refractivity contribution in [3.05, 3.63) is 80.7 Å². The summed E-state index contributed by atoms with van der Waals surface area (Å²) in [5, 5.41) is 3.67. The normalized spacial score (nSPS) is 10.6. The van der Waals surface area contributed by atoms with E-state index >= 15 is 0 Å². The highest BCUT2D eigenvalue weighted by molar-refractivity contribution is 6.33. The number of hydrogen-bond donors (Lipinski definition) is 1. The van der Waals surface area contributed by atoms with Gasteiger partial charge in [0.15, 0.2) is 0 Å². The summed E-state index contributed by atoms with van der Waals surface area (Å²) in [4.78, 5) is 29.7. The predicted molar refractivity (Wildman–Crippen MR) is 108 cm³/mol. The second-order valence-electron chi connectivity index (χ2n) is 5.89. The molecule has 0 aliphatic rings. The maximum atomic E-state index is 12.6. The molecule has 27 heavy (non-hydrogen) atoms. The minimum atomic E-state index is -0.375. The fraction of sp³-hybridized carbons (Fsp3) is 0.150. The molecule has 0 saturated heterocycles. The Kier molecular flexibility index (Phi) is 5.94. The Labute approximate surface area is 166 Å². The number of hydrogen-bond acceptors (Lipinski definition) is 3. The minimum Gasteiger partial charge on any atom is -0.323 e. The number of anilines is 1. The summed E-state index contributed by atoms with van der Waals surface area (Å²) in [7, 11) is 0. The van der Waals surface area contributed by atoms with Crippen LogP contribution in [0.3, 0.4) is 0 Å². The molecule has 0 bridgehead atoms. The van der Waals surface area contributed by atoms with Crippen molar-refractivity contribution in [3.63, 3.8) is 0 Å². The lowest BCUT2D eigenvalue weighted by Crippen LogP contribution is -2.30. The van der Waals surface area contributed by atoms with Crippen LogP contribution in [-0.4, -0.2) is 15.5 Å². The van der Waals surface area contributed by atoms with E-state index in [-0.39, 0.29) is 18.0 Å². The van der Waals surface area contributed by atoms with Gasteiger partial charge in [0.1, 0.15) is 12.4 Å². The number of para-hydroxylation sites is 1. The molecule has 1 heterocycles. The second-order valence-corrected chi connectivity index (χ2v) is 6.73. The Bertz CT molecular complexity index is 1050. The minimum absolute atomic E-state index is 0.192. The predicted octanol–water partition coefficient (Wildman–Crippen LogP) is 4.42. The molecule has 3 aromatic rings. The van der Waals surface area contributed by atoms with Gasteiger partial charge in [0.25, 0.3) is 5.56 Å². The Hall–Kier alpha value is -2.63. The third kappa shape index (κ3) is 4.56. The zero-order valence-corrected chi connectivity index (χ0v) is 16.1. The summed E-state index contributed by atoms with van der Waals surface area (Å²) in [6.07, 6.45) is 0.607. The molecule has 0 aliphatic carbocycles. The molecule has 1 aromatic heterocycles. The van der Waals surface area contributed by atoms with Crippen molar-refractivity contribution >= 4 is 34.8 Å². The maximum Gasteiger partial charge on any atom is 0.254 e. The Balaban J connectivity index is 1.98. The summed E-state index contributed by atoms with van der Waals surface area (Å²) >= 11 is 12.2. The summed E-state index contributed by atoms with van der Waals surface area (Å²) < 4.78 is 1.33. The van der Waals surface area contributed by atoms with Crippen LogP contribution in [0.15, 0.2) is 59.4 Å². The molecule has 0 spiro atoms. The lowest BCUT2D eigenvalue weighted by molar-refractivity contribution is -0.116. The first-order chi connectivity index (χ1) is 13.0. The summed E-state index contributed by atoms with van der Waals surface area (Å²) in [5.41, 5.74) is 1.50. The van der Waals surface area contributed by atoms with E-state index in [0.717, 1.165) is 0 Å². The molecule has 0 fully saturated rings. The second kappa shape index (κ2) is 8.37. The van der Waals surface area contributed by atoms with E-state index in [1.165, 1.54) is 10.6 Å². The highest BCUT2D eigenvalue weighted by atomic mass is 35.5. The van der Waals surface area contributed by atoms with Crippen LogP contribution < -0.4 is 10.9 Å². The maximum absolute atomic E-state index is 12.6. The monoisotopic (exact) mass is 401 g/mol. The van der Waals surface area contributed by atoms with Crippen LogP contribution in [0.1, 0.15) is 12.6 Å². The Morgan fingerprint density at radius 2 is 1.89 bits per heavy atom. The van der Waals surface area contributed by atoms with Crippen molar-refractivity contribution in [1.82, 2.24) is 9.55 Å². The van der Waals surface area contributed by atoms with Gasteiger partial charge in [0, 0.05) is 22.3 Å². The molecule has 7 heteroatoms. The van der Waals surface area contributed by atoms with Crippen molar-refractivity contribution in [1.29, 1.82) is 0 Å². The molecule has 0 unspecified atom stereocenters. The summed E-state index contributed by atoms with van der Waals surface area (Å²) in [6, 6.07) is 15.4. The lowest BCUT2D eigenvalue weighted by Gasteiger charge is -2.14. The summed E-state index contributed by atoms with van der Waals surface area (Å²) in [5.74, 6) is 0.0238. The van der Waals surface area contributed by atoms with Gasteiger partial charge in [-0.1, -0.05) is 54.4 Å². The average molecular weight is 402 g/mol. The molecule has 0 saturated carbocycles. The first-order valence-corrected chi connectivity index (χ1v) is 9.14. The number of rotatable bonds is 5. The van der Waals surface area contributed by atoms with Crippen LogP contribution in [0.2, 0.25) is 10.0 Å². The highest BCUT2D eigenvalue weighted by Gasteiger charge is 2.15. The standard InChI is InChI=1S/C20H17Cl2N3O2/c1-2-15-11-19(27)25(20(23-15)13-6-5-7-14(21)10-13)12-18(26)24-17-9-4-3-8-16(17)22/h3-11H,2,12H2,1H3,(H,24,26). The van der Waals surface area contributed by atoms with Crippen LogP contribution in [0.25, 0.3) is 11.4 Å². The molecule has 3 rings (SSSR count). The van der Waals surface area contributed by atoms with E-state index in [1.807, 2.05) is 6.92 Å². The van der Waals surface area contributed by atoms with E-state index < -0.39 is 0 Å². The SMILES string of the molecule is CCc1cc(=O)n(CC(=O)Nc2ccccc2Cl)c(-c2cccc(Cl)c2)n1. The topological polar surface area (TPSA) is 64.0 Å². The van der Waals surface area contributed by atoms with Crippen molar-refractivity contribution < 1.29 is 4.79 Å². The van der Waals surface area contributed by atoms with Crippen LogP contribution in [-0.2, 0) is 17.8 Å². The average Bonchev–Trinajstić information content (AvgIpc) is 2.65. The van der Waals surface area contributed by atoms with Crippen molar-refractivity contribution in [2.45, 2.75) is 19.9 Å². The van der Waals surface area contributed by atoms with Gasteiger partial charge in [-0.3, -0.25) is 14.2 Å². The molecular weight excluding hydrogens is 385 g/mol. The van der Waals surface area contributed by atoms with Crippen LogP contribution in [0, 0.1) is 0 Å². The molecule has 5 nitrogen and oxygen atoms in total. The number of aryl methyl sites for hydroxylation is 1. The van der Waals surface area contributed by atoms with Gasteiger partial charge in [-0.05, 0) is 30.7 Å². The van der Waals surface area contributed by atoms with Crippen LogP contribution in [0.5, 0.6) is 0 Å². The van der Waals surface area contributed by atoms with E-state index in [1.54, 1.807) is 48.5 Å². The molecule has 2 aromatic carbocycles. The Morgan fingerprint density at radius 3 is 2.59 bits per heavy atom. The van der Waals surface area contributed by atoms with Gasteiger partial charge in [-0.25, -0.2) is 4.98 Å². The van der Waals surface area contributed by atoms with Gasteiger partial charge in [0.05, 0.1) is 10.7 Å². The van der Waals surface area contributed by atoms with E-state index in [0.29, 0.717) is 39.2 Å². The van der Waals surface area contributed by atoms with Crippen LogP contribution in [0.4, 0.5) is 5.69 Å². The first-order valence-electron chi connectivity index (χ1n) is 8.39. The molecule has 0 aliphatic heterocycles. The molecule has 1 amide bonds. The number of nitrogens with one attached hydrogen (secondary N) is 1. The largest absolute Gasteiger partial charge is 0.323 e. The number of aromatic nitrogens is 2. The number of benzene rings is 2. The molecule has 1 N–H and O–H groups in total. The van der Waals surface area contributed by atoms with Gasteiger partial charge in [-0.2, -0.15) is 0 Å². The number of carbonyl (C=O) groups is 1. The number of nitrogens with zero attached hydrogens (tertiary/aromatic N) is 2. The first kappa shape index (κ1) is 19.1. The smallest absolute Gasteiger partial charge is 0.254 e. The number of carbonyl (C=O) groups excluding carboxylic acids is 1. The Morgan fingerprint density at radius 1 is 1.11 bits per heavy atom.